The zero-order valence-electron chi connectivity index (χ0n) is 15.7. The van der Waals surface area contributed by atoms with Crippen LogP contribution in [0.25, 0.3) is 0 Å². The van der Waals surface area contributed by atoms with Gasteiger partial charge in [0, 0.05) is 48.2 Å². The molecule has 140 valence electrons. The molecule has 3 nitrogen and oxygen atoms in total. The van der Waals surface area contributed by atoms with Crippen LogP contribution in [0.2, 0.25) is 0 Å². The quantitative estimate of drug-likeness (QED) is 0.472. The Balaban J connectivity index is 1.75. The molecular weight excluding hydrogens is 339 g/mol. The number of unbranched alkanes of at least 4 members (excludes halogenated alkanes) is 1. The van der Waals surface area contributed by atoms with Crippen LogP contribution in [-0.4, -0.2) is 31.0 Å². The van der Waals surface area contributed by atoms with Crippen molar-refractivity contribution in [2.24, 2.45) is 4.99 Å². The molecule has 0 saturated carbocycles. The van der Waals surface area contributed by atoms with Gasteiger partial charge < -0.3 is 10.0 Å². The zero-order chi connectivity index (χ0) is 19.1. The largest absolute Gasteiger partial charge is 0.504 e. The molecule has 1 saturated heterocycles. The van der Waals surface area contributed by atoms with E-state index >= 15 is 0 Å². The molecule has 1 fully saturated rings. The lowest BCUT2D eigenvalue weighted by Gasteiger charge is -2.17. The van der Waals surface area contributed by atoms with Crippen molar-refractivity contribution in [3.63, 3.8) is 0 Å². The smallest absolute Gasteiger partial charge is 0.166 e. The Morgan fingerprint density at radius 3 is 2.52 bits per heavy atom. The van der Waals surface area contributed by atoms with Gasteiger partial charge in [0.25, 0.3) is 0 Å². The number of aliphatic imine (C=N–C) groups is 1. The summed E-state index contributed by atoms with van der Waals surface area (Å²) in [6.45, 7) is 4.97. The van der Waals surface area contributed by atoms with Crippen molar-refractivity contribution in [3.8, 4) is 17.6 Å². The molecule has 0 atom stereocenters. The van der Waals surface area contributed by atoms with Crippen LogP contribution >= 0.6 is 0 Å². The Labute approximate surface area is 160 Å². The summed E-state index contributed by atoms with van der Waals surface area (Å²) in [5.74, 6) is 4.99. The molecule has 1 N–H and O–H groups in total. The maximum absolute atomic E-state index is 14.0. The van der Waals surface area contributed by atoms with Gasteiger partial charge in [-0.15, -0.1) is 0 Å². The number of phenols is 1. The van der Waals surface area contributed by atoms with Crippen LogP contribution < -0.4 is 4.90 Å². The first-order chi connectivity index (χ1) is 13.2. The number of hydrogen-bond acceptors (Lipinski definition) is 3. The highest BCUT2D eigenvalue weighted by Gasteiger charge is 2.11. The Bertz CT molecular complexity index is 856. The molecular formula is C23H25FN2O. The van der Waals surface area contributed by atoms with Crippen molar-refractivity contribution >= 4 is 11.9 Å². The molecule has 27 heavy (non-hydrogen) atoms. The monoisotopic (exact) mass is 364 g/mol. The highest BCUT2D eigenvalue weighted by Crippen LogP contribution is 2.22. The predicted octanol–water partition coefficient (Wildman–Crippen LogP) is 4.75. The van der Waals surface area contributed by atoms with Gasteiger partial charge in [-0.25, -0.2) is 4.39 Å². The fourth-order valence-electron chi connectivity index (χ4n) is 3.08. The second kappa shape index (κ2) is 9.23. The fraction of sp³-hybridized carbons (Fsp3) is 0.348. The number of nitrogens with zero attached hydrogens (tertiary/aromatic N) is 2. The van der Waals surface area contributed by atoms with Gasteiger partial charge in [0.15, 0.2) is 11.6 Å². The Morgan fingerprint density at radius 1 is 1.11 bits per heavy atom. The van der Waals surface area contributed by atoms with Gasteiger partial charge in [0.05, 0.1) is 0 Å². The SMILES string of the molecule is CCCCN=Cc1cc(C#Cc2ccc(N3CCCC3)cc2)cc(F)c1O. The Kier molecular flexibility index (Phi) is 6.49. The van der Waals surface area contributed by atoms with E-state index in [2.05, 4.69) is 40.8 Å². The number of anilines is 1. The third-order valence-corrected chi connectivity index (χ3v) is 4.65. The summed E-state index contributed by atoms with van der Waals surface area (Å²) in [5, 5.41) is 9.88. The fourth-order valence-corrected chi connectivity index (χ4v) is 3.08. The van der Waals surface area contributed by atoms with Crippen molar-refractivity contribution in [1.29, 1.82) is 0 Å². The van der Waals surface area contributed by atoms with Crippen molar-refractivity contribution in [1.82, 2.24) is 0 Å². The van der Waals surface area contributed by atoms with E-state index in [0.29, 0.717) is 17.7 Å². The molecule has 0 aliphatic carbocycles. The summed E-state index contributed by atoms with van der Waals surface area (Å²) >= 11 is 0. The van der Waals surface area contributed by atoms with Crippen molar-refractivity contribution in [3.05, 3.63) is 58.9 Å². The van der Waals surface area contributed by atoms with Gasteiger partial charge in [-0.3, -0.25) is 4.99 Å². The molecule has 0 aromatic heterocycles. The minimum absolute atomic E-state index is 0.361. The molecule has 0 radical (unpaired) electrons. The molecule has 0 spiro atoms. The molecule has 4 heteroatoms. The van der Waals surface area contributed by atoms with E-state index in [0.717, 1.165) is 31.5 Å². The van der Waals surface area contributed by atoms with Gasteiger partial charge in [-0.05, 0) is 55.7 Å². The maximum Gasteiger partial charge on any atom is 0.166 e. The standard InChI is InChI=1S/C23H25FN2O/c1-2-3-12-25-17-20-15-19(16-22(24)23(20)27)7-6-18-8-10-21(11-9-18)26-13-4-5-14-26/h8-11,15-17,27H,2-5,12-14H2,1H3. The van der Waals surface area contributed by atoms with Crippen LogP contribution in [0.4, 0.5) is 10.1 Å². The van der Waals surface area contributed by atoms with Gasteiger partial charge in [0.1, 0.15) is 0 Å². The summed E-state index contributed by atoms with van der Waals surface area (Å²) < 4.78 is 14.0. The maximum atomic E-state index is 14.0. The second-order valence-electron chi connectivity index (χ2n) is 6.78. The second-order valence-corrected chi connectivity index (χ2v) is 6.78. The number of phenolic OH excluding ortho intramolecular Hbond substituents is 1. The van der Waals surface area contributed by atoms with Crippen molar-refractivity contribution < 1.29 is 9.50 Å². The topological polar surface area (TPSA) is 35.8 Å². The van der Waals surface area contributed by atoms with Crippen molar-refractivity contribution in [2.75, 3.05) is 24.5 Å². The summed E-state index contributed by atoms with van der Waals surface area (Å²) in [5.41, 5.74) is 2.98. The summed E-state index contributed by atoms with van der Waals surface area (Å²) in [6.07, 6.45) is 6.02. The number of halogens is 1. The van der Waals surface area contributed by atoms with Gasteiger partial charge in [-0.2, -0.15) is 0 Å². The van der Waals surface area contributed by atoms with E-state index in [4.69, 9.17) is 0 Å². The van der Waals surface area contributed by atoms with Gasteiger partial charge >= 0.3 is 0 Å². The molecule has 0 amide bonds. The van der Waals surface area contributed by atoms with E-state index in [1.165, 1.54) is 30.8 Å². The van der Waals surface area contributed by atoms with E-state index < -0.39 is 5.82 Å². The van der Waals surface area contributed by atoms with E-state index in [-0.39, 0.29) is 5.75 Å². The first-order valence-electron chi connectivity index (χ1n) is 9.56. The minimum Gasteiger partial charge on any atom is -0.504 e. The number of aromatic hydroxyl groups is 1. The molecule has 1 aliphatic heterocycles. The molecule has 0 bridgehead atoms. The number of rotatable bonds is 5. The lowest BCUT2D eigenvalue weighted by atomic mass is 10.1. The number of hydrogen-bond donors (Lipinski definition) is 1. The zero-order valence-corrected chi connectivity index (χ0v) is 15.7. The van der Waals surface area contributed by atoms with E-state index in [1.807, 2.05) is 12.1 Å². The summed E-state index contributed by atoms with van der Waals surface area (Å²) in [6, 6.07) is 11.1. The van der Waals surface area contributed by atoms with Crippen LogP contribution in [0.5, 0.6) is 5.75 Å². The molecule has 1 heterocycles. The molecule has 0 unspecified atom stereocenters. The minimum atomic E-state index is -0.678. The normalized spacial score (nSPS) is 13.8. The van der Waals surface area contributed by atoms with Crippen molar-refractivity contribution in [2.45, 2.75) is 32.6 Å². The predicted molar refractivity (Wildman–Crippen MR) is 109 cm³/mol. The third-order valence-electron chi connectivity index (χ3n) is 4.65. The summed E-state index contributed by atoms with van der Waals surface area (Å²) in [4.78, 5) is 6.61. The van der Waals surface area contributed by atoms with E-state index in [9.17, 15) is 9.50 Å². The number of benzene rings is 2. The van der Waals surface area contributed by atoms with Crippen LogP contribution in [0, 0.1) is 17.7 Å². The highest BCUT2D eigenvalue weighted by atomic mass is 19.1. The molecule has 1 aliphatic rings. The average molecular weight is 364 g/mol. The Hall–Kier alpha value is -2.80. The van der Waals surface area contributed by atoms with Gasteiger partial charge in [0.2, 0.25) is 0 Å². The lowest BCUT2D eigenvalue weighted by Crippen LogP contribution is -2.17. The first kappa shape index (κ1) is 19.0. The third kappa shape index (κ3) is 5.10. The van der Waals surface area contributed by atoms with Crippen LogP contribution in [0.3, 0.4) is 0 Å². The van der Waals surface area contributed by atoms with Crippen LogP contribution in [0.1, 0.15) is 49.3 Å². The highest BCUT2D eigenvalue weighted by molar-refractivity contribution is 5.84. The average Bonchev–Trinajstić information content (AvgIpc) is 3.22. The molecule has 2 aromatic carbocycles. The Morgan fingerprint density at radius 2 is 1.81 bits per heavy atom. The van der Waals surface area contributed by atoms with Crippen LogP contribution in [-0.2, 0) is 0 Å². The molecule has 2 aromatic rings. The van der Waals surface area contributed by atoms with Crippen LogP contribution in [0.15, 0.2) is 41.4 Å². The summed E-state index contributed by atoms with van der Waals surface area (Å²) in [7, 11) is 0. The lowest BCUT2D eigenvalue weighted by molar-refractivity contribution is 0.431. The van der Waals surface area contributed by atoms with E-state index in [1.54, 1.807) is 6.07 Å². The van der Waals surface area contributed by atoms with Gasteiger partial charge in [-0.1, -0.05) is 25.2 Å². The first-order valence-corrected chi connectivity index (χ1v) is 9.56. The molecule has 3 rings (SSSR count).